The standard InChI is InChI=1S/C13H31N2/c1-4-6-8-9-10-11-13-15(3,14)12-7-5-2/h4-14H2,1-3H3/q+1. The summed E-state index contributed by atoms with van der Waals surface area (Å²) in [5.41, 5.74) is 0. The van der Waals surface area contributed by atoms with Gasteiger partial charge in [0.25, 0.3) is 0 Å². The third kappa shape index (κ3) is 10.2. The lowest BCUT2D eigenvalue weighted by Crippen LogP contribution is -2.51. The largest absolute Gasteiger partial charge is 0.251 e. The number of rotatable bonds is 10. The van der Waals surface area contributed by atoms with E-state index in [-0.39, 0.29) is 0 Å². The van der Waals surface area contributed by atoms with Crippen LogP contribution in [-0.4, -0.2) is 24.7 Å². The SMILES string of the molecule is CCCCCCCC[N+](C)(N)CCCC. The highest BCUT2D eigenvalue weighted by Crippen LogP contribution is 2.07. The molecule has 0 aliphatic carbocycles. The lowest BCUT2D eigenvalue weighted by atomic mass is 10.1. The molecule has 0 amide bonds. The average Bonchev–Trinajstić information content (AvgIpc) is 2.20. The van der Waals surface area contributed by atoms with Crippen LogP contribution in [0.4, 0.5) is 0 Å². The molecule has 0 bridgehead atoms. The Labute approximate surface area is 96.4 Å². The molecule has 1 atom stereocenters. The van der Waals surface area contributed by atoms with Gasteiger partial charge in [-0.3, -0.25) is 4.59 Å². The van der Waals surface area contributed by atoms with Gasteiger partial charge < -0.3 is 0 Å². The zero-order valence-electron chi connectivity index (χ0n) is 11.1. The molecule has 0 radical (unpaired) electrons. The van der Waals surface area contributed by atoms with Crippen molar-refractivity contribution in [1.82, 2.24) is 0 Å². The van der Waals surface area contributed by atoms with Gasteiger partial charge in [-0.1, -0.05) is 46.0 Å². The van der Waals surface area contributed by atoms with Gasteiger partial charge in [-0.05, 0) is 19.3 Å². The van der Waals surface area contributed by atoms with Crippen LogP contribution in [0, 0.1) is 0 Å². The average molecular weight is 215 g/mol. The van der Waals surface area contributed by atoms with Crippen LogP contribution >= 0.6 is 0 Å². The summed E-state index contributed by atoms with van der Waals surface area (Å²) in [6.07, 6.45) is 10.7. The van der Waals surface area contributed by atoms with Crippen LogP contribution in [0.2, 0.25) is 0 Å². The molecule has 2 N–H and O–H groups in total. The summed E-state index contributed by atoms with van der Waals surface area (Å²) in [6, 6.07) is 0. The predicted molar refractivity (Wildman–Crippen MR) is 68.4 cm³/mol. The number of nitrogens with two attached hydrogens (primary N) is 1. The van der Waals surface area contributed by atoms with Crippen molar-refractivity contribution in [2.24, 2.45) is 5.84 Å². The molecule has 1 unspecified atom stereocenters. The van der Waals surface area contributed by atoms with E-state index in [1.165, 1.54) is 51.4 Å². The number of nitrogens with zero attached hydrogens (tertiary/aromatic N) is 1. The fraction of sp³-hybridized carbons (Fsp3) is 1.00. The van der Waals surface area contributed by atoms with Gasteiger partial charge in [0.1, 0.15) is 0 Å². The molecule has 2 heteroatoms. The van der Waals surface area contributed by atoms with Crippen molar-refractivity contribution in [3.05, 3.63) is 0 Å². The molecular weight excluding hydrogens is 184 g/mol. The molecule has 0 aromatic carbocycles. The molecule has 0 aromatic heterocycles. The van der Waals surface area contributed by atoms with Crippen molar-refractivity contribution in [3.63, 3.8) is 0 Å². The predicted octanol–water partition coefficient (Wildman–Crippen LogP) is 3.47. The summed E-state index contributed by atoms with van der Waals surface area (Å²) in [5, 5.41) is 0. The van der Waals surface area contributed by atoms with E-state index < -0.39 is 0 Å². The normalized spacial score (nSPS) is 15.2. The second kappa shape index (κ2) is 9.17. The first-order valence-corrected chi connectivity index (χ1v) is 6.75. The van der Waals surface area contributed by atoms with Crippen LogP contribution < -0.4 is 5.84 Å². The molecule has 0 rings (SSSR count). The molecule has 15 heavy (non-hydrogen) atoms. The quantitative estimate of drug-likeness (QED) is 0.257. The highest BCUT2D eigenvalue weighted by atomic mass is 15.6. The minimum Gasteiger partial charge on any atom is -0.251 e. The second-order valence-corrected chi connectivity index (χ2v) is 5.05. The summed E-state index contributed by atoms with van der Waals surface area (Å²) in [6.45, 7) is 6.76. The summed E-state index contributed by atoms with van der Waals surface area (Å²) < 4.78 is 0.724. The van der Waals surface area contributed by atoms with E-state index in [9.17, 15) is 0 Å². The van der Waals surface area contributed by atoms with Crippen molar-refractivity contribution < 1.29 is 4.59 Å². The molecular formula is C13H31N2+. The van der Waals surface area contributed by atoms with E-state index in [4.69, 9.17) is 5.84 Å². The monoisotopic (exact) mass is 215 g/mol. The Morgan fingerprint density at radius 2 is 1.20 bits per heavy atom. The molecule has 0 heterocycles. The van der Waals surface area contributed by atoms with E-state index in [1.54, 1.807) is 0 Å². The molecule has 0 aliphatic rings. The third-order valence-corrected chi connectivity index (χ3v) is 3.04. The van der Waals surface area contributed by atoms with Gasteiger partial charge in [-0.25, -0.2) is 0 Å². The molecule has 0 spiro atoms. The van der Waals surface area contributed by atoms with Gasteiger partial charge in [0.05, 0.1) is 20.1 Å². The van der Waals surface area contributed by atoms with Gasteiger partial charge in [-0.15, -0.1) is 0 Å². The Kier molecular flexibility index (Phi) is 9.12. The van der Waals surface area contributed by atoms with Crippen molar-refractivity contribution in [2.75, 3.05) is 20.1 Å². The van der Waals surface area contributed by atoms with E-state index in [2.05, 4.69) is 20.9 Å². The van der Waals surface area contributed by atoms with Gasteiger partial charge in [0, 0.05) is 0 Å². The second-order valence-electron chi connectivity index (χ2n) is 5.05. The van der Waals surface area contributed by atoms with Crippen LogP contribution in [-0.2, 0) is 0 Å². The maximum absolute atomic E-state index is 6.18. The maximum Gasteiger partial charge on any atom is 0.0958 e. The van der Waals surface area contributed by atoms with E-state index in [0.29, 0.717) is 0 Å². The smallest absolute Gasteiger partial charge is 0.0958 e. The third-order valence-electron chi connectivity index (χ3n) is 3.04. The minimum absolute atomic E-state index is 0.724. The summed E-state index contributed by atoms with van der Waals surface area (Å²) >= 11 is 0. The Hall–Kier alpha value is -0.0800. The van der Waals surface area contributed by atoms with Gasteiger partial charge in [-0.2, -0.15) is 5.84 Å². The van der Waals surface area contributed by atoms with E-state index in [1.807, 2.05) is 0 Å². The molecule has 0 aromatic rings. The first kappa shape index (κ1) is 14.9. The summed E-state index contributed by atoms with van der Waals surface area (Å²) in [5.74, 6) is 6.18. The number of quaternary nitrogens is 1. The van der Waals surface area contributed by atoms with Crippen molar-refractivity contribution >= 4 is 0 Å². The molecule has 0 fully saturated rings. The number of unbranched alkanes of at least 4 members (excludes halogenated alkanes) is 6. The topological polar surface area (TPSA) is 26.0 Å². The molecule has 0 saturated carbocycles. The van der Waals surface area contributed by atoms with Crippen LogP contribution in [0.15, 0.2) is 0 Å². The number of hydrogen-bond donors (Lipinski definition) is 1. The number of hydrogen-bond acceptors (Lipinski definition) is 1. The van der Waals surface area contributed by atoms with Crippen molar-refractivity contribution in [3.8, 4) is 0 Å². The molecule has 0 saturated heterocycles. The first-order chi connectivity index (χ1) is 7.12. The first-order valence-electron chi connectivity index (χ1n) is 6.75. The molecule has 0 aliphatic heterocycles. The highest BCUT2D eigenvalue weighted by Gasteiger charge is 2.14. The van der Waals surface area contributed by atoms with Crippen molar-refractivity contribution in [1.29, 1.82) is 0 Å². The summed E-state index contributed by atoms with van der Waals surface area (Å²) in [7, 11) is 2.15. The fourth-order valence-corrected chi connectivity index (χ4v) is 1.88. The zero-order chi connectivity index (χ0) is 11.6. The van der Waals surface area contributed by atoms with Gasteiger partial charge >= 0.3 is 0 Å². The lowest BCUT2D eigenvalue weighted by Gasteiger charge is -2.28. The Morgan fingerprint density at radius 1 is 0.733 bits per heavy atom. The van der Waals surface area contributed by atoms with E-state index in [0.717, 1.165) is 17.7 Å². The van der Waals surface area contributed by atoms with Crippen molar-refractivity contribution in [2.45, 2.75) is 65.2 Å². The Bertz CT molecular complexity index is 132. The Morgan fingerprint density at radius 3 is 1.80 bits per heavy atom. The summed E-state index contributed by atoms with van der Waals surface area (Å²) in [4.78, 5) is 0. The zero-order valence-corrected chi connectivity index (χ0v) is 11.1. The lowest BCUT2D eigenvalue weighted by molar-refractivity contribution is -0.921. The van der Waals surface area contributed by atoms with E-state index >= 15 is 0 Å². The van der Waals surface area contributed by atoms with Crippen LogP contribution in [0.1, 0.15) is 65.2 Å². The van der Waals surface area contributed by atoms with Gasteiger partial charge in [0.15, 0.2) is 0 Å². The Balaban J connectivity index is 3.32. The maximum atomic E-state index is 6.18. The highest BCUT2D eigenvalue weighted by molar-refractivity contribution is 4.44. The van der Waals surface area contributed by atoms with Crippen LogP contribution in [0.3, 0.4) is 0 Å². The fourth-order valence-electron chi connectivity index (χ4n) is 1.88. The van der Waals surface area contributed by atoms with Gasteiger partial charge in [0.2, 0.25) is 0 Å². The van der Waals surface area contributed by atoms with Crippen LogP contribution in [0.5, 0.6) is 0 Å². The minimum atomic E-state index is 0.724. The molecule has 92 valence electrons. The molecule has 2 nitrogen and oxygen atoms in total. The van der Waals surface area contributed by atoms with Crippen LogP contribution in [0.25, 0.3) is 0 Å².